The van der Waals surface area contributed by atoms with Crippen molar-refractivity contribution in [2.24, 2.45) is 0 Å². The van der Waals surface area contributed by atoms with Crippen LogP contribution < -0.4 is 5.32 Å². The van der Waals surface area contributed by atoms with E-state index in [9.17, 15) is 4.79 Å². The summed E-state index contributed by atoms with van der Waals surface area (Å²) in [6.07, 6.45) is 8.04. The highest BCUT2D eigenvalue weighted by atomic mass is 16.3. The van der Waals surface area contributed by atoms with Crippen LogP contribution in [0, 0.1) is 0 Å². The molecule has 1 aromatic carbocycles. The lowest BCUT2D eigenvalue weighted by Gasteiger charge is -2.41. The Labute approximate surface area is 190 Å². The van der Waals surface area contributed by atoms with Gasteiger partial charge in [0.25, 0.3) is 5.91 Å². The minimum atomic E-state index is -0.221. The SMILES string of the molecule is O=C(NCCCO)c1cn(C2CCN(C3CCN(CCc4ccccc4)CC3)CC2)nn1. The van der Waals surface area contributed by atoms with Gasteiger partial charge in [0.05, 0.1) is 12.2 Å². The molecule has 8 heteroatoms. The van der Waals surface area contributed by atoms with Crippen LogP contribution in [0.3, 0.4) is 0 Å². The van der Waals surface area contributed by atoms with E-state index in [1.807, 2.05) is 4.68 Å². The van der Waals surface area contributed by atoms with Crippen LogP contribution in [-0.2, 0) is 6.42 Å². The standard InChI is InChI=1S/C24H36N6O2/c31-18-4-12-25-24(32)23-19-30(27-26-23)22-10-16-29(17-11-22)21-8-14-28(15-9-21)13-7-20-5-2-1-3-6-20/h1-3,5-6,19,21-22,31H,4,7-18H2,(H,25,32). The minimum absolute atomic E-state index is 0.0677. The number of aromatic nitrogens is 3. The number of piperidine rings is 2. The van der Waals surface area contributed by atoms with Gasteiger partial charge in [-0.05, 0) is 57.2 Å². The van der Waals surface area contributed by atoms with Crippen molar-refractivity contribution in [3.05, 3.63) is 47.8 Å². The van der Waals surface area contributed by atoms with Gasteiger partial charge in [-0.2, -0.15) is 0 Å². The number of hydrogen-bond acceptors (Lipinski definition) is 6. The molecule has 8 nitrogen and oxygen atoms in total. The Bertz CT molecular complexity index is 826. The Morgan fingerprint density at radius 2 is 1.75 bits per heavy atom. The van der Waals surface area contributed by atoms with E-state index in [2.05, 4.69) is 55.8 Å². The summed E-state index contributed by atoms with van der Waals surface area (Å²) in [5, 5.41) is 19.9. The van der Waals surface area contributed by atoms with Crippen molar-refractivity contribution in [2.45, 2.75) is 50.6 Å². The van der Waals surface area contributed by atoms with Crippen LogP contribution in [0.5, 0.6) is 0 Å². The van der Waals surface area contributed by atoms with Gasteiger partial charge in [0, 0.05) is 38.8 Å². The maximum Gasteiger partial charge on any atom is 0.273 e. The molecule has 1 aromatic heterocycles. The molecule has 0 atom stereocenters. The fourth-order valence-electron chi connectivity index (χ4n) is 4.89. The fraction of sp³-hybridized carbons (Fsp3) is 0.625. The summed E-state index contributed by atoms with van der Waals surface area (Å²) in [6.45, 7) is 6.21. The maximum absolute atomic E-state index is 12.1. The van der Waals surface area contributed by atoms with Gasteiger partial charge in [-0.15, -0.1) is 5.10 Å². The van der Waals surface area contributed by atoms with Crippen LogP contribution in [0.2, 0.25) is 0 Å². The van der Waals surface area contributed by atoms with Crippen molar-refractivity contribution in [1.82, 2.24) is 30.1 Å². The third-order valence-electron chi connectivity index (χ3n) is 6.87. The van der Waals surface area contributed by atoms with Crippen LogP contribution in [-0.4, -0.2) is 87.7 Å². The summed E-state index contributed by atoms with van der Waals surface area (Å²) < 4.78 is 1.87. The number of carbonyl (C=O) groups excluding carboxylic acids is 1. The first-order valence-corrected chi connectivity index (χ1v) is 12.0. The largest absolute Gasteiger partial charge is 0.396 e. The molecule has 2 saturated heterocycles. The van der Waals surface area contributed by atoms with Crippen LogP contribution in [0.15, 0.2) is 36.5 Å². The van der Waals surface area contributed by atoms with E-state index >= 15 is 0 Å². The summed E-state index contributed by atoms with van der Waals surface area (Å²) in [4.78, 5) is 17.4. The number of aliphatic hydroxyl groups excluding tert-OH is 1. The molecule has 32 heavy (non-hydrogen) atoms. The number of rotatable bonds is 9. The third-order valence-corrected chi connectivity index (χ3v) is 6.87. The van der Waals surface area contributed by atoms with E-state index in [1.54, 1.807) is 6.20 Å². The topological polar surface area (TPSA) is 86.5 Å². The lowest BCUT2D eigenvalue weighted by atomic mass is 9.97. The minimum Gasteiger partial charge on any atom is -0.396 e. The van der Waals surface area contributed by atoms with Gasteiger partial charge in [0.1, 0.15) is 0 Å². The number of nitrogens with one attached hydrogen (secondary N) is 1. The molecule has 0 saturated carbocycles. The number of likely N-dealkylation sites (tertiary alicyclic amines) is 2. The van der Waals surface area contributed by atoms with Gasteiger partial charge < -0.3 is 20.2 Å². The van der Waals surface area contributed by atoms with Crippen LogP contribution in [0.25, 0.3) is 0 Å². The van der Waals surface area contributed by atoms with Crippen molar-refractivity contribution in [3.63, 3.8) is 0 Å². The lowest BCUT2D eigenvalue weighted by Crippen LogP contribution is -2.48. The van der Waals surface area contributed by atoms with Crippen molar-refractivity contribution >= 4 is 5.91 Å². The molecule has 0 radical (unpaired) electrons. The Kier molecular flexibility index (Phi) is 8.25. The molecule has 2 fully saturated rings. The quantitative estimate of drug-likeness (QED) is 0.578. The first-order chi connectivity index (χ1) is 15.7. The zero-order chi connectivity index (χ0) is 22.2. The first kappa shape index (κ1) is 22.9. The first-order valence-electron chi connectivity index (χ1n) is 12.0. The molecule has 0 bridgehead atoms. The number of amides is 1. The molecule has 2 aliphatic rings. The molecular formula is C24H36N6O2. The molecule has 2 aromatic rings. The Balaban J connectivity index is 1.17. The second-order valence-corrected chi connectivity index (χ2v) is 8.99. The molecule has 0 spiro atoms. The highest BCUT2D eigenvalue weighted by Gasteiger charge is 2.29. The van der Waals surface area contributed by atoms with Crippen LogP contribution >= 0.6 is 0 Å². The molecule has 174 valence electrons. The van der Waals surface area contributed by atoms with Gasteiger partial charge in [-0.1, -0.05) is 35.5 Å². The predicted octanol–water partition coefficient (Wildman–Crippen LogP) is 1.73. The van der Waals surface area contributed by atoms with Crippen molar-refractivity contribution in [1.29, 1.82) is 0 Å². The van der Waals surface area contributed by atoms with E-state index in [-0.39, 0.29) is 12.5 Å². The smallest absolute Gasteiger partial charge is 0.273 e. The maximum atomic E-state index is 12.1. The highest BCUT2D eigenvalue weighted by molar-refractivity contribution is 5.91. The van der Waals surface area contributed by atoms with Crippen molar-refractivity contribution < 1.29 is 9.90 Å². The average molecular weight is 441 g/mol. The molecule has 4 rings (SSSR count). The molecule has 2 N–H and O–H groups in total. The summed E-state index contributed by atoms with van der Waals surface area (Å²) in [5.74, 6) is -0.221. The number of nitrogens with zero attached hydrogens (tertiary/aromatic N) is 5. The normalized spacial score (nSPS) is 19.3. The second kappa shape index (κ2) is 11.5. The fourth-order valence-corrected chi connectivity index (χ4v) is 4.89. The van der Waals surface area contributed by atoms with E-state index in [0.717, 1.165) is 38.9 Å². The Morgan fingerprint density at radius 3 is 2.47 bits per heavy atom. The predicted molar refractivity (Wildman–Crippen MR) is 124 cm³/mol. The van der Waals surface area contributed by atoms with E-state index < -0.39 is 0 Å². The van der Waals surface area contributed by atoms with E-state index in [0.29, 0.717) is 30.7 Å². The monoisotopic (exact) mass is 440 g/mol. The number of carbonyl (C=O) groups is 1. The number of benzene rings is 1. The van der Waals surface area contributed by atoms with Gasteiger partial charge in [-0.3, -0.25) is 4.79 Å². The lowest BCUT2D eigenvalue weighted by molar-refractivity contribution is 0.0775. The molecule has 1 amide bonds. The zero-order valence-corrected chi connectivity index (χ0v) is 18.9. The highest BCUT2D eigenvalue weighted by Crippen LogP contribution is 2.26. The molecule has 3 heterocycles. The number of aliphatic hydroxyl groups is 1. The molecular weight excluding hydrogens is 404 g/mol. The summed E-state index contributed by atoms with van der Waals surface area (Å²) >= 11 is 0. The zero-order valence-electron chi connectivity index (χ0n) is 18.9. The van der Waals surface area contributed by atoms with Gasteiger partial charge in [0.2, 0.25) is 0 Å². The van der Waals surface area contributed by atoms with E-state index in [1.165, 1.54) is 31.5 Å². The average Bonchev–Trinajstić information content (AvgIpc) is 3.35. The molecule has 0 aliphatic carbocycles. The van der Waals surface area contributed by atoms with Crippen LogP contribution in [0.4, 0.5) is 0 Å². The Morgan fingerprint density at radius 1 is 1.03 bits per heavy atom. The van der Waals surface area contributed by atoms with Gasteiger partial charge in [0.15, 0.2) is 5.69 Å². The molecule has 2 aliphatic heterocycles. The Hall–Kier alpha value is -2.29. The third kappa shape index (κ3) is 6.15. The van der Waals surface area contributed by atoms with Crippen molar-refractivity contribution in [2.75, 3.05) is 45.9 Å². The summed E-state index contributed by atoms with van der Waals surface area (Å²) in [5.41, 5.74) is 1.78. The number of hydrogen-bond donors (Lipinski definition) is 2. The van der Waals surface area contributed by atoms with Crippen LogP contribution in [0.1, 0.15) is 54.2 Å². The summed E-state index contributed by atoms with van der Waals surface area (Å²) in [7, 11) is 0. The van der Waals surface area contributed by atoms with Gasteiger partial charge in [-0.25, -0.2) is 4.68 Å². The van der Waals surface area contributed by atoms with Gasteiger partial charge >= 0.3 is 0 Å². The second-order valence-electron chi connectivity index (χ2n) is 8.99. The molecule has 0 unspecified atom stereocenters. The van der Waals surface area contributed by atoms with E-state index in [4.69, 9.17) is 5.11 Å². The summed E-state index contributed by atoms with van der Waals surface area (Å²) in [6, 6.07) is 11.8. The van der Waals surface area contributed by atoms with Crippen molar-refractivity contribution in [3.8, 4) is 0 Å².